The maximum atomic E-state index is 12.6. The van der Waals surface area contributed by atoms with Crippen LogP contribution in [0.3, 0.4) is 0 Å². The number of ether oxygens (including phenoxy) is 2. The second-order valence-electron chi connectivity index (χ2n) is 13.5. The Morgan fingerprint density at radius 1 is 0.566 bits per heavy atom. The first-order valence-corrected chi connectivity index (χ1v) is 22.3. The van der Waals surface area contributed by atoms with E-state index in [1.807, 2.05) is 0 Å². The lowest BCUT2D eigenvalue weighted by molar-refractivity contribution is -0.161. The van der Waals surface area contributed by atoms with Crippen molar-refractivity contribution < 1.29 is 37.6 Å². The Morgan fingerprint density at radius 3 is 1.45 bits per heavy atom. The number of hydrogen-bond acceptors (Lipinski definition) is 8. The minimum absolute atomic E-state index is 0.0450. The number of phosphoric ester groups is 1. The molecular weight excluding hydrogens is 689 g/mol. The van der Waals surface area contributed by atoms with Crippen LogP contribution in [0.2, 0.25) is 0 Å². The first-order valence-electron chi connectivity index (χ1n) is 20.8. The predicted molar refractivity (Wildman–Crippen MR) is 219 cm³/mol. The third-order valence-corrected chi connectivity index (χ3v) is 9.36. The van der Waals surface area contributed by atoms with Gasteiger partial charge in [0.15, 0.2) is 6.10 Å². The van der Waals surface area contributed by atoms with Crippen molar-refractivity contribution in [3.63, 3.8) is 0 Å². The van der Waals surface area contributed by atoms with Gasteiger partial charge in [-0.3, -0.25) is 18.6 Å². The van der Waals surface area contributed by atoms with Gasteiger partial charge in [0.1, 0.15) is 6.61 Å². The molecular formula is C43H76NO8P. The van der Waals surface area contributed by atoms with E-state index in [0.29, 0.717) is 12.8 Å². The number of rotatable bonds is 38. The number of esters is 2. The van der Waals surface area contributed by atoms with Gasteiger partial charge in [-0.1, -0.05) is 132 Å². The molecule has 2 atom stereocenters. The molecule has 0 saturated heterocycles. The van der Waals surface area contributed by atoms with Crippen LogP contribution in [0.5, 0.6) is 0 Å². The van der Waals surface area contributed by atoms with Crippen molar-refractivity contribution in [3.8, 4) is 0 Å². The molecule has 0 aromatic carbocycles. The average Bonchev–Trinajstić information content (AvgIpc) is 3.14. The molecule has 0 aromatic heterocycles. The molecule has 0 saturated carbocycles. The molecule has 0 aliphatic heterocycles. The highest BCUT2D eigenvalue weighted by Gasteiger charge is 2.25. The molecule has 0 fully saturated rings. The molecule has 10 heteroatoms. The van der Waals surface area contributed by atoms with Crippen molar-refractivity contribution in [2.75, 3.05) is 26.4 Å². The van der Waals surface area contributed by atoms with E-state index in [1.165, 1.54) is 51.4 Å². The quantitative estimate of drug-likeness (QED) is 0.0272. The van der Waals surface area contributed by atoms with Crippen molar-refractivity contribution in [1.29, 1.82) is 0 Å². The minimum Gasteiger partial charge on any atom is -0.462 e. The maximum Gasteiger partial charge on any atom is 0.472 e. The first kappa shape index (κ1) is 50.7. The van der Waals surface area contributed by atoms with E-state index >= 15 is 0 Å². The summed E-state index contributed by atoms with van der Waals surface area (Å²) >= 11 is 0. The lowest BCUT2D eigenvalue weighted by atomic mass is 10.1. The molecule has 3 N–H and O–H groups in total. The van der Waals surface area contributed by atoms with E-state index in [-0.39, 0.29) is 32.6 Å². The summed E-state index contributed by atoms with van der Waals surface area (Å²) in [7, 11) is -4.39. The second kappa shape index (κ2) is 39.4. The monoisotopic (exact) mass is 766 g/mol. The summed E-state index contributed by atoms with van der Waals surface area (Å²) in [6.07, 6.45) is 45.3. The molecule has 9 nitrogen and oxygen atoms in total. The summed E-state index contributed by atoms with van der Waals surface area (Å²) in [4.78, 5) is 34.8. The zero-order valence-corrected chi connectivity index (χ0v) is 34.4. The Bertz CT molecular complexity index is 1050. The third kappa shape index (κ3) is 39.2. The van der Waals surface area contributed by atoms with Gasteiger partial charge in [0, 0.05) is 19.4 Å². The Labute approximate surface area is 323 Å². The number of carbonyl (C=O) groups is 2. The summed E-state index contributed by atoms with van der Waals surface area (Å²) < 4.78 is 32.7. The summed E-state index contributed by atoms with van der Waals surface area (Å²) in [5.41, 5.74) is 5.34. The average molecular weight is 766 g/mol. The third-order valence-electron chi connectivity index (χ3n) is 8.38. The maximum absolute atomic E-state index is 12.6. The lowest BCUT2D eigenvalue weighted by Gasteiger charge is -2.19. The number of nitrogens with two attached hydrogens (primary N) is 1. The van der Waals surface area contributed by atoms with Gasteiger partial charge < -0.3 is 20.1 Å². The van der Waals surface area contributed by atoms with E-state index in [1.54, 1.807) is 0 Å². The molecule has 0 rings (SSSR count). The number of hydrogen-bond donors (Lipinski definition) is 2. The molecule has 53 heavy (non-hydrogen) atoms. The highest BCUT2D eigenvalue weighted by molar-refractivity contribution is 7.47. The van der Waals surface area contributed by atoms with E-state index in [9.17, 15) is 19.0 Å². The van der Waals surface area contributed by atoms with Crippen molar-refractivity contribution in [2.45, 2.75) is 174 Å². The zero-order valence-electron chi connectivity index (χ0n) is 33.5. The normalized spacial score (nSPS) is 14.0. The van der Waals surface area contributed by atoms with Crippen LogP contribution in [0.25, 0.3) is 0 Å². The Balaban J connectivity index is 4.26. The van der Waals surface area contributed by atoms with Crippen molar-refractivity contribution >= 4 is 19.8 Å². The van der Waals surface area contributed by atoms with E-state index in [0.717, 1.165) is 77.0 Å². The number of allylic oxidation sites excluding steroid dienone is 10. The molecule has 0 radical (unpaired) electrons. The van der Waals surface area contributed by atoms with Crippen LogP contribution in [-0.4, -0.2) is 49.3 Å². The fourth-order valence-electron chi connectivity index (χ4n) is 5.26. The molecule has 0 aliphatic rings. The molecule has 306 valence electrons. The summed E-state index contributed by atoms with van der Waals surface area (Å²) in [5, 5.41) is 0. The lowest BCUT2D eigenvalue weighted by Crippen LogP contribution is -2.29. The number of carbonyl (C=O) groups excluding carboxylic acids is 2. The van der Waals surface area contributed by atoms with Gasteiger partial charge in [0.05, 0.1) is 13.2 Å². The van der Waals surface area contributed by atoms with Crippen LogP contribution >= 0.6 is 7.82 Å². The van der Waals surface area contributed by atoms with E-state index in [2.05, 4.69) is 74.6 Å². The molecule has 0 aliphatic carbocycles. The van der Waals surface area contributed by atoms with Crippen LogP contribution in [0.4, 0.5) is 0 Å². The largest absolute Gasteiger partial charge is 0.472 e. The topological polar surface area (TPSA) is 134 Å². The highest BCUT2D eigenvalue weighted by Crippen LogP contribution is 2.43. The fraction of sp³-hybridized carbons (Fsp3) is 0.721. The number of unbranched alkanes of at least 4 members (excludes halogenated alkanes) is 15. The van der Waals surface area contributed by atoms with Gasteiger partial charge in [-0.05, 0) is 83.5 Å². The molecule has 0 amide bonds. The summed E-state index contributed by atoms with van der Waals surface area (Å²) in [5.74, 6) is -0.875. The van der Waals surface area contributed by atoms with Crippen molar-refractivity contribution in [1.82, 2.24) is 0 Å². The fourth-order valence-corrected chi connectivity index (χ4v) is 6.02. The minimum atomic E-state index is -4.39. The Hall–Kier alpha value is -2.29. The van der Waals surface area contributed by atoms with E-state index in [4.69, 9.17) is 24.3 Å². The van der Waals surface area contributed by atoms with E-state index < -0.39 is 32.5 Å². The smallest absolute Gasteiger partial charge is 0.462 e. The molecule has 0 aromatic rings. The molecule has 0 bridgehead atoms. The standard InChI is InChI=1S/C43H76NO8P/c1-3-5-7-9-11-13-15-17-19-20-22-23-25-27-29-31-33-35-42(45)49-39-41(40-51-53(47,48)50-38-37-44)52-43(46)36-34-32-30-28-26-24-21-18-16-14-12-10-8-6-4-2/h11-14,17-19,21-23,41H,3-10,15-16,20,24-40,44H2,1-2H3,(H,47,48). The van der Waals surface area contributed by atoms with Crippen molar-refractivity contribution in [3.05, 3.63) is 60.8 Å². The Morgan fingerprint density at radius 2 is 0.981 bits per heavy atom. The van der Waals surface area contributed by atoms with Crippen LogP contribution in [-0.2, 0) is 32.7 Å². The van der Waals surface area contributed by atoms with Gasteiger partial charge in [-0.25, -0.2) is 4.57 Å². The van der Waals surface area contributed by atoms with Gasteiger partial charge in [-0.15, -0.1) is 0 Å². The van der Waals surface area contributed by atoms with Crippen LogP contribution in [0.1, 0.15) is 168 Å². The first-order chi connectivity index (χ1) is 25.8. The van der Waals surface area contributed by atoms with Gasteiger partial charge in [0.25, 0.3) is 0 Å². The SMILES string of the molecule is CCCCCC=CCC=CCC=CCCCCCCC(=O)OCC(COP(=O)(O)OCCN)OC(=O)CCCCCCCC=CCC=CCCCCC. The van der Waals surface area contributed by atoms with Crippen LogP contribution in [0, 0.1) is 0 Å². The zero-order chi connectivity index (χ0) is 38.9. The molecule has 0 spiro atoms. The molecule has 0 heterocycles. The van der Waals surface area contributed by atoms with Crippen molar-refractivity contribution in [2.24, 2.45) is 5.73 Å². The summed E-state index contributed by atoms with van der Waals surface area (Å²) in [6.45, 7) is 3.62. The Kier molecular flexibility index (Phi) is 37.7. The number of phosphoric acid groups is 1. The van der Waals surface area contributed by atoms with Crippen LogP contribution < -0.4 is 5.73 Å². The van der Waals surface area contributed by atoms with Crippen LogP contribution in [0.15, 0.2) is 60.8 Å². The highest BCUT2D eigenvalue weighted by atomic mass is 31.2. The van der Waals surface area contributed by atoms with Gasteiger partial charge in [-0.2, -0.15) is 0 Å². The van der Waals surface area contributed by atoms with Gasteiger partial charge >= 0.3 is 19.8 Å². The molecule has 2 unspecified atom stereocenters. The second-order valence-corrected chi connectivity index (χ2v) is 14.9. The van der Waals surface area contributed by atoms with Gasteiger partial charge in [0.2, 0.25) is 0 Å². The summed E-state index contributed by atoms with van der Waals surface area (Å²) in [6, 6.07) is 0. The predicted octanol–water partition coefficient (Wildman–Crippen LogP) is 11.7.